The maximum Gasteiger partial charge on any atom is 0.356 e. The Morgan fingerprint density at radius 3 is 2.40 bits per heavy atom. The first kappa shape index (κ1) is 16.9. The van der Waals surface area contributed by atoms with E-state index in [1.807, 2.05) is 6.07 Å². The van der Waals surface area contributed by atoms with Crippen molar-refractivity contribution in [2.45, 2.75) is 45.3 Å². The summed E-state index contributed by atoms with van der Waals surface area (Å²) in [6, 6.07) is 3.59. The zero-order valence-corrected chi connectivity index (χ0v) is 14.3. The highest BCUT2D eigenvalue weighted by Crippen LogP contribution is 2.36. The van der Waals surface area contributed by atoms with Gasteiger partial charge in [0.2, 0.25) is 0 Å². The molecule has 0 aromatic carbocycles. The van der Waals surface area contributed by atoms with Gasteiger partial charge in [-0.3, -0.25) is 0 Å². The first-order valence-electron chi connectivity index (χ1n) is 6.84. The normalized spacial score (nSPS) is 12.3. The maximum absolute atomic E-state index is 11.3. The molecule has 1 aromatic heterocycles. The molecule has 0 aliphatic carbocycles. The van der Waals surface area contributed by atoms with Crippen molar-refractivity contribution in [3.8, 4) is 0 Å². The van der Waals surface area contributed by atoms with Crippen molar-refractivity contribution in [1.82, 2.24) is 4.98 Å². The molecule has 112 valence electrons. The first-order valence-corrected chi connectivity index (χ1v) is 9.75. The molecule has 4 nitrogen and oxygen atoms in total. The predicted octanol–water partition coefficient (Wildman–Crippen LogP) is 3.43. The third kappa shape index (κ3) is 4.42. The van der Waals surface area contributed by atoms with Gasteiger partial charge in [-0.05, 0) is 36.2 Å². The van der Waals surface area contributed by atoms with Crippen LogP contribution in [0.3, 0.4) is 0 Å². The number of pyridine rings is 1. The summed E-state index contributed by atoms with van der Waals surface area (Å²) in [7, 11) is -0.336. The minimum atomic E-state index is -1.69. The fraction of sp³-hybridized carbons (Fsp3) is 0.600. The lowest BCUT2D eigenvalue weighted by Crippen LogP contribution is -2.41. The molecule has 0 atom stereocenters. The molecule has 0 saturated carbocycles. The van der Waals surface area contributed by atoms with E-state index in [4.69, 9.17) is 4.43 Å². The monoisotopic (exact) mass is 295 g/mol. The van der Waals surface area contributed by atoms with E-state index >= 15 is 0 Å². The second kappa shape index (κ2) is 6.50. The molecule has 0 aliphatic rings. The van der Waals surface area contributed by atoms with E-state index in [9.17, 15) is 4.79 Å². The lowest BCUT2D eigenvalue weighted by Gasteiger charge is -2.36. The van der Waals surface area contributed by atoms with Crippen molar-refractivity contribution in [3.05, 3.63) is 29.6 Å². The minimum Gasteiger partial charge on any atom is -0.464 e. The highest BCUT2D eigenvalue weighted by Gasteiger charge is 2.36. The second-order valence-electron chi connectivity index (χ2n) is 6.40. The van der Waals surface area contributed by atoms with E-state index in [1.165, 1.54) is 7.11 Å². The Morgan fingerprint density at radius 2 is 1.95 bits per heavy atom. The van der Waals surface area contributed by atoms with Crippen molar-refractivity contribution in [1.29, 1.82) is 0 Å². The summed E-state index contributed by atoms with van der Waals surface area (Å²) >= 11 is 0. The quantitative estimate of drug-likeness (QED) is 0.617. The summed E-state index contributed by atoms with van der Waals surface area (Å²) in [6.45, 7) is 11.9. The van der Waals surface area contributed by atoms with Crippen LogP contribution in [0.2, 0.25) is 18.1 Å². The molecule has 0 N–H and O–H groups in total. The number of hydrogen-bond donors (Lipinski definition) is 0. The Hall–Kier alpha value is -1.20. The Kier molecular flexibility index (Phi) is 5.47. The Morgan fingerprint density at radius 1 is 1.30 bits per heavy atom. The van der Waals surface area contributed by atoms with E-state index < -0.39 is 14.3 Å². The van der Waals surface area contributed by atoms with Gasteiger partial charge in [0.15, 0.2) is 8.32 Å². The van der Waals surface area contributed by atoms with Crippen LogP contribution in [-0.2, 0) is 15.6 Å². The van der Waals surface area contributed by atoms with Crippen molar-refractivity contribution >= 4 is 14.3 Å². The number of carbonyl (C=O) groups excluding carboxylic acids is 1. The number of esters is 1. The summed E-state index contributed by atoms with van der Waals surface area (Å²) in [6.07, 6.45) is 2.52. The van der Waals surface area contributed by atoms with E-state index in [0.29, 0.717) is 12.3 Å². The van der Waals surface area contributed by atoms with Gasteiger partial charge in [0, 0.05) is 12.8 Å². The highest BCUT2D eigenvalue weighted by molar-refractivity contribution is 6.74. The van der Waals surface area contributed by atoms with Gasteiger partial charge >= 0.3 is 5.97 Å². The highest BCUT2D eigenvalue weighted by atomic mass is 28.4. The molecular weight excluding hydrogens is 270 g/mol. The third-order valence-corrected chi connectivity index (χ3v) is 8.42. The molecule has 0 bridgehead atoms. The van der Waals surface area contributed by atoms with Gasteiger partial charge in [-0.15, -0.1) is 0 Å². The summed E-state index contributed by atoms with van der Waals surface area (Å²) in [5, 5.41) is 0.222. The number of methoxy groups -OCH3 is 1. The number of ether oxygens (including phenoxy) is 1. The van der Waals surface area contributed by atoms with E-state index in [1.54, 1.807) is 12.3 Å². The van der Waals surface area contributed by atoms with Crippen LogP contribution in [0.4, 0.5) is 0 Å². The molecule has 5 heteroatoms. The lowest BCUT2D eigenvalue weighted by molar-refractivity contribution is 0.0594. The number of hydrogen-bond acceptors (Lipinski definition) is 4. The zero-order chi connectivity index (χ0) is 15.4. The summed E-state index contributed by atoms with van der Waals surface area (Å²) < 4.78 is 10.7. The smallest absolute Gasteiger partial charge is 0.356 e. The molecule has 0 unspecified atom stereocenters. The molecule has 0 aliphatic heterocycles. The van der Waals surface area contributed by atoms with Crippen molar-refractivity contribution < 1.29 is 14.0 Å². The molecule has 0 spiro atoms. The van der Waals surface area contributed by atoms with Crippen LogP contribution in [0.15, 0.2) is 18.3 Å². The summed E-state index contributed by atoms with van der Waals surface area (Å²) in [5.41, 5.74) is 1.40. The third-order valence-electron chi connectivity index (χ3n) is 3.88. The molecule has 0 amide bonds. The van der Waals surface area contributed by atoms with Gasteiger partial charge in [0.1, 0.15) is 5.69 Å². The second-order valence-corrected chi connectivity index (χ2v) is 11.2. The van der Waals surface area contributed by atoms with Gasteiger partial charge in [-0.1, -0.05) is 26.8 Å². The minimum absolute atomic E-state index is 0.222. The van der Waals surface area contributed by atoms with Crippen LogP contribution in [0, 0.1) is 0 Å². The maximum atomic E-state index is 11.3. The van der Waals surface area contributed by atoms with Crippen molar-refractivity contribution in [2.24, 2.45) is 0 Å². The van der Waals surface area contributed by atoms with Crippen LogP contribution in [0.25, 0.3) is 0 Å². The molecule has 0 saturated heterocycles. The topological polar surface area (TPSA) is 48.4 Å². The van der Waals surface area contributed by atoms with E-state index in [2.05, 4.69) is 43.6 Å². The molecule has 0 radical (unpaired) electrons. The number of rotatable bonds is 5. The van der Waals surface area contributed by atoms with Crippen LogP contribution in [0.1, 0.15) is 36.8 Å². The van der Waals surface area contributed by atoms with Gasteiger partial charge in [0.05, 0.1) is 7.11 Å². The van der Waals surface area contributed by atoms with Crippen LogP contribution in [0.5, 0.6) is 0 Å². The van der Waals surface area contributed by atoms with Gasteiger partial charge in [0.25, 0.3) is 0 Å². The van der Waals surface area contributed by atoms with Crippen molar-refractivity contribution in [3.63, 3.8) is 0 Å². The Balaban J connectivity index is 2.53. The first-order chi connectivity index (χ1) is 9.17. The van der Waals surface area contributed by atoms with Crippen LogP contribution in [-0.4, -0.2) is 33.0 Å². The van der Waals surface area contributed by atoms with Gasteiger partial charge in [-0.25, -0.2) is 9.78 Å². The van der Waals surface area contributed by atoms with Crippen LogP contribution < -0.4 is 0 Å². The SMILES string of the molecule is COC(=O)c1ccc(CCO[Si](C)(C)C(C)(C)C)cn1. The molecule has 20 heavy (non-hydrogen) atoms. The average Bonchev–Trinajstić information content (AvgIpc) is 2.37. The van der Waals surface area contributed by atoms with E-state index in [-0.39, 0.29) is 5.04 Å². The largest absolute Gasteiger partial charge is 0.464 e. The van der Waals surface area contributed by atoms with Crippen LogP contribution >= 0.6 is 0 Å². The standard InChI is InChI=1S/C15H25NO3Si/c1-15(2,3)20(5,6)19-10-9-12-7-8-13(16-11-12)14(17)18-4/h7-8,11H,9-10H2,1-6H3. The summed E-state index contributed by atoms with van der Waals surface area (Å²) in [5.74, 6) is -0.408. The van der Waals surface area contributed by atoms with Gasteiger partial charge in [-0.2, -0.15) is 0 Å². The molecule has 1 aromatic rings. The van der Waals surface area contributed by atoms with Crippen molar-refractivity contribution in [2.75, 3.05) is 13.7 Å². The van der Waals surface area contributed by atoms with Gasteiger partial charge < -0.3 is 9.16 Å². The molecule has 0 fully saturated rings. The molecular formula is C15H25NO3Si. The number of nitrogens with zero attached hydrogens (tertiary/aromatic N) is 1. The molecule has 1 rings (SSSR count). The van der Waals surface area contributed by atoms with E-state index in [0.717, 1.165) is 12.0 Å². The fourth-order valence-electron chi connectivity index (χ4n) is 1.44. The number of aromatic nitrogens is 1. The zero-order valence-electron chi connectivity index (χ0n) is 13.3. The Labute approximate surface area is 122 Å². The molecule has 1 heterocycles. The Bertz CT molecular complexity index is 449. The number of carbonyl (C=O) groups is 1. The average molecular weight is 295 g/mol. The fourth-order valence-corrected chi connectivity index (χ4v) is 2.48. The summed E-state index contributed by atoms with van der Waals surface area (Å²) in [4.78, 5) is 15.4. The predicted molar refractivity (Wildman–Crippen MR) is 82.4 cm³/mol. The lowest BCUT2D eigenvalue weighted by atomic mass is 10.2.